The summed E-state index contributed by atoms with van der Waals surface area (Å²) in [7, 11) is 0. The summed E-state index contributed by atoms with van der Waals surface area (Å²) in [6.45, 7) is 7.92. The van der Waals surface area contributed by atoms with Crippen LogP contribution in [0.4, 0.5) is 0 Å². The first kappa shape index (κ1) is 13.5. The predicted molar refractivity (Wildman–Crippen MR) is 62.8 cm³/mol. The lowest BCUT2D eigenvalue weighted by molar-refractivity contribution is -0.121. The van der Waals surface area contributed by atoms with Gasteiger partial charge in [0.15, 0.2) is 5.60 Å². The van der Waals surface area contributed by atoms with Gasteiger partial charge < -0.3 is 9.84 Å². The molecule has 0 aromatic rings. The Morgan fingerprint density at radius 2 is 2.00 bits per heavy atom. The predicted octanol–water partition coefficient (Wildman–Crippen LogP) is 2.49. The molecule has 3 nitrogen and oxygen atoms in total. The Morgan fingerprint density at radius 1 is 1.38 bits per heavy atom. The van der Waals surface area contributed by atoms with Gasteiger partial charge in [0.1, 0.15) is 0 Å². The van der Waals surface area contributed by atoms with Gasteiger partial charge in [0.2, 0.25) is 0 Å². The third kappa shape index (κ3) is 2.96. The van der Waals surface area contributed by atoms with Gasteiger partial charge in [-0.15, -0.1) is 0 Å². The van der Waals surface area contributed by atoms with Crippen LogP contribution >= 0.6 is 0 Å². The molecule has 1 saturated carbocycles. The van der Waals surface area contributed by atoms with E-state index in [0.29, 0.717) is 11.8 Å². The van der Waals surface area contributed by atoms with Crippen LogP contribution in [-0.4, -0.2) is 22.9 Å². The van der Waals surface area contributed by atoms with E-state index in [4.69, 9.17) is 4.74 Å². The van der Waals surface area contributed by atoms with Crippen LogP contribution in [0.15, 0.2) is 0 Å². The summed E-state index contributed by atoms with van der Waals surface area (Å²) in [6, 6.07) is 2.32. The molecule has 16 heavy (non-hydrogen) atoms. The molecule has 0 bridgehead atoms. The summed E-state index contributed by atoms with van der Waals surface area (Å²) >= 11 is 0. The first-order chi connectivity index (χ1) is 7.40. The summed E-state index contributed by atoms with van der Waals surface area (Å²) in [5, 5.41) is 18.8. The fraction of sp³-hybridized carbons (Fsp3) is 0.923. The highest BCUT2D eigenvalue weighted by molar-refractivity contribution is 5.06. The van der Waals surface area contributed by atoms with Crippen molar-refractivity contribution in [2.75, 3.05) is 0 Å². The minimum Gasteiger partial charge on any atom is -0.391 e. The van der Waals surface area contributed by atoms with Gasteiger partial charge in [0.25, 0.3) is 0 Å². The van der Waals surface area contributed by atoms with Gasteiger partial charge >= 0.3 is 0 Å². The van der Waals surface area contributed by atoms with Gasteiger partial charge in [-0.05, 0) is 44.9 Å². The Balaban J connectivity index is 2.69. The van der Waals surface area contributed by atoms with Gasteiger partial charge in [0, 0.05) is 0 Å². The molecule has 3 heteroatoms. The number of hydrogen-bond donors (Lipinski definition) is 1. The van der Waals surface area contributed by atoms with E-state index in [1.54, 1.807) is 6.92 Å². The van der Waals surface area contributed by atoms with E-state index in [1.807, 2.05) is 6.92 Å². The molecule has 92 valence electrons. The molecule has 0 heterocycles. The molecule has 0 aromatic heterocycles. The topological polar surface area (TPSA) is 53.2 Å². The Labute approximate surface area is 98.4 Å². The minimum absolute atomic E-state index is 0.278. The molecular formula is C13H23NO2. The van der Waals surface area contributed by atoms with Crippen molar-refractivity contribution in [1.29, 1.82) is 5.26 Å². The van der Waals surface area contributed by atoms with Crippen LogP contribution in [0.5, 0.6) is 0 Å². The minimum atomic E-state index is -0.678. The Bertz CT molecular complexity index is 272. The van der Waals surface area contributed by atoms with Crippen molar-refractivity contribution < 1.29 is 9.84 Å². The lowest BCUT2D eigenvalue weighted by Crippen LogP contribution is -2.43. The first-order valence-electron chi connectivity index (χ1n) is 6.17. The Morgan fingerprint density at radius 3 is 2.44 bits per heavy atom. The van der Waals surface area contributed by atoms with E-state index >= 15 is 0 Å². The second kappa shape index (κ2) is 5.16. The zero-order valence-corrected chi connectivity index (χ0v) is 10.7. The number of aliphatic hydroxyl groups is 1. The maximum Gasteiger partial charge on any atom is 0.155 e. The lowest BCUT2D eigenvalue weighted by atomic mass is 9.73. The second-order valence-electron chi connectivity index (χ2n) is 5.37. The van der Waals surface area contributed by atoms with E-state index in [-0.39, 0.29) is 6.10 Å². The highest BCUT2D eigenvalue weighted by Gasteiger charge is 2.40. The van der Waals surface area contributed by atoms with E-state index in [1.165, 1.54) is 0 Å². The molecule has 0 aromatic carbocycles. The molecule has 1 N–H and O–H groups in total. The number of hydrogen-bond acceptors (Lipinski definition) is 3. The molecule has 5 unspecified atom stereocenters. The molecule has 0 saturated heterocycles. The van der Waals surface area contributed by atoms with Crippen molar-refractivity contribution in [2.24, 2.45) is 11.8 Å². The number of nitriles is 1. The van der Waals surface area contributed by atoms with Crippen LogP contribution < -0.4 is 0 Å². The largest absolute Gasteiger partial charge is 0.391 e. The molecule has 0 spiro atoms. The second-order valence-corrected chi connectivity index (χ2v) is 5.37. The van der Waals surface area contributed by atoms with E-state index in [0.717, 1.165) is 19.3 Å². The fourth-order valence-corrected chi connectivity index (χ4v) is 2.26. The summed E-state index contributed by atoms with van der Waals surface area (Å²) in [5.41, 5.74) is -0.678. The number of nitrogens with zero attached hydrogens (tertiary/aromatic N) is 1. The van der Waals surface area contributed by atoms with Crippen molar-refractivity contribution in [3.8, 4) is 6.07 Å². The quantitative estimate of drug-likeness (QED) is 0.803. The van der Waals surface area contributed by atoms with Gasteiger partial charge in [-0.25, -0.2) is 0 Å². The van der Waals surface area contributed by atoms with E-state index in [9.17, 15) is 10.4 Å². The Kier molecular flexibility index (Phi) is 4.35. The average Bonchev–Trinajstić information content (AvgIpc) is 2.23. The third-order valence-corrected chi connectivity index (χ3v) is 3.92. The summed E-state index contributed by atoms with van der Waals surface area (Å²) in [6.07, 6.45) is 1.79. The van der Waals surface area contributed by atoms with Crippen molar-refractivity contribution in [3.63, 3.8) is 0 Å². The number of aliphatic hydroxyl groups excluding tert-OH is 1. The van der Waals surface area contributed by atoms with E-state index in [2.05, 4.69) is 19.9 Å². The monoisotopic (exact) mass is 225 g/mol. The van der Waals surface area contributed by atoms with Crippen LogP contribution in [0.2, 0.25) is 0 Å². The highest BCUT2D eigenvalue weighted by Crippen LogP contribution is 2.39. The molecule has 5 atom stereocenters. The molecule has 1 aliphatic rings. The first-order valence-corrected chi connectivity index (χ1v) is 6.17. The highest BCUT2D eigenvalue weighted by atomic mass is 16.5. The molecule has 0 aliphatic heterocycles. The van der Waals surface area contributed by atoms with Gasteiger partial charge in [-0.2, -0.15) is 5.26 Å². The van der Waals surface area contributed by atoms with Crippen LogP contribution in [-0.2, 0) is 4.74 Å². The smallest absolute Gasteiger partial charge is 0.155 e. The molecule has 1 rings (SSSR count). The molecular weight excluding hydrogens is 202 g/mol. The SMILES string of the molecule is CC(O)C(C)OC1(C#N)CCC(C)C(C)C1. The maximum atomic E-state index is 9.44. The maximum absolute atomic E-state index is 9.44. The summed E-state index contributed by atoms with van der Waals surface area (Å²) in [4.78, 5) is 0. The lowest BCUT2D eigenvalue weighted by Gasteiger charge is -2.39. The standard InChI is InChI=1S/C13H23NO2/c1-9-5-6-13(8-14,7-10(9)2)16-12(4)11(3)15/h9-12,15H,5-7H2,1-4H3. The molecule has 0 amide bonds. The summed E-state index contributed by atoms with van der Waals surface area (Å²) < 4.78 is 5.80. The van der Waals surface area contributed by atoms with Crippen LogP contribution in [0, 0.1) is 23.2 Å². The van der Waals surface area contributed by atoms with Crippen LogP contribution in [0.3, 0.4) is 0 Å². The summed E-state index contributed by atoms with van der Waals surface area (Å²) in [5.74, 6) is 1.17. The Hall–Kier alpha value is -0.590. The molecule has 0 radical (unpaired) electrons. The van der Waals surface area contributed by atoms with E-state index < -0.39 is 11.7 Å². The van der Waals surface area contributed by atoms with Crippen LogP contribution in [0.1, 0.15) is 47.0 Å². The average molecular weight is 225 g/mol. The van der Waals surface area contributed by atoms with Gasteiger partial charge in [-0.3, -0.25) is 0 Å². The fourth-order valence-electron chi connectivity index (χ4n) is 2.26. The third-order valence-electron chi connectivity index (χ3n) is 3.92. The zero-order chi connectivity index (χ0) is 12.3. The normalized spacial score (nSPS) is 38.8. The molecule has 1 fully saturated rings. The zero-order valence-electron chi connectivity index (χ0n) is 10.7. The molecule has 1 aliphatic carbocycles. The van der Waals surface area contributed by atoms with Crippen LogP contribution in [0.25, 0.3) is 0 Å². The number of ether oxygens (including phenoxy) is 1. The number of rotatable bonds is 3. The van der Waals surface area contributed by atoms with Crippen molar-refractivity contribution in [2.45, 2.75) is 64.8 Å². The van der Waals surface area contributed by atoms with Crippen molar-refractivity contribution >= 4 is 0 Å². The van der Waals surface area contributed by atoms with Gasteiger partial charge in [-0.1, -0.05) is 13.8 Å². The van der Waals surface area contributed by atoms with Crippen molar-refractivity contribution in [1.82, 2.24) is 0 Å². The van der Waals surface area contributed by atoms with Gasteiger partial charge in [0.05, 0.1) is 18.3 Å². The van der Waals surface area contributed by atoms with Crippen molar-refractivity contribution in [3.05, 3.63) is 0 Å².